The summed E-state index contributed by atoms with van der Waals surface area (Å²) >= 11 is 1.29. The summed E-state index contributed by atoms with van der Waals surface area (Å²) in [5, 5.41) is 13.4. The predicted molar refractivity (Wildman–Crippen MR) is 146 cm³/mol. The van der Waals surface area contributed by atoms with Crippen molar-refractivity contribution in [2.45, 2.75) is 13.5 Å². The lowest BCUT2D eigenvalue weighted by molar-refractivity contribution is -0.122. The molecule has 1 N–H and O–H groups in total. The highest BCUT2D eigenvalue weighted by molar-refractivity contribution is 8.18. The topological polar surface area (TPSA) is 81.0 Å². The van der Waals surface area contributed by atoms with Gasteiger partial charge in [0.25, 0.3) is 5.91 Å². The van der Waals surface area contributed by atoms with E-state index in [2.05, 4.69) is 11.4 Å². The maximum absolute atomic E-state index is 13.6. The van der Waals surface area contributed by atoms with E-state index in [4.69, 9.17) is 9.73 Å². The lowest BCUT2D eigenvalue weighted by Crippen LogP contribution is -2.28. The molecule has 1 heterocycles. The molecule has 8 heteroatoms. The molecule has 0 radical (unpaired) electrons. The monoisotopic (exact) mass is 497 g/mol. The van der Waals surface area contributed by atoms with Crippen LogP contribution in [0.4, 0.5) is 17.1 Å². The second kappa shape index (κ2) is 11.5. The van der Waals surface area contributed by atoms with Crippen molar-refractivity contribution in [3.63, 3.8) is 0 Å². The SMILES string of the molecule is CCNc1ccc(C#N)c(N=C2S/C(=C\N(C)c3ccccc3OC)C(=O)N2Cc2ccccc2)c1. The number of nitriles is 1. The number of carbonyl (C=O) groups excluding carboxylic acids is 1. The molecule has 0 bridgehead atoms. The second-order valence-electron chi connectivity index (χ2n) is 8.02. The van der Waals surface area contributed by atoms with Crippen molar-refractivity contribution in [2.24, 2.45) is 4.99 Å². The van der Waals surface area contributed by atoms with Gasteiger partial charge >= 0.3 is 0 Å². The first-order valence-electron chi connectivity index (χ1n) is 11.5. The molecule has 0 aliphatic carbocycles. The summed E-state index contributed by atoms with van der Waals surface area (Å²) in [5.74, 6) is 0.562. The molecule has 1 aliphatic heterocycles. The van der Waals surface area contributed by atoms with Gasteiger partial charge in [0.05, 0.1) is 35.5 Å². The number of amidine groups is 1. The predicted octanol–water partition coefficient (Wildman–Crippen LogP) is 5.74. The number of nitrogens with one attached hydrogen (secondary N) is 1. The number of methoxy groups -OCH3 is 1. The number of aliphatic imine (C=N–C) groups is 1. The van der Waals surface area contributed by atoms with Crippen LogP contribution in [-0.2, 0) is 11.3 Å². The van der Waals surface area contributed by atoms with Gasteiger partial charge in [0, 0.05) is 25.5 Å². The standard InChI is InChI=1S/C28H27N5O2S/c1-4-30-22-15-14-21(17-29)23(16-22)31-28-33(18-20-10-6-5-7-11-20)27(34)26(36-28)19-32(2)24-12-8-9-13-25(24)35-3/h5-16,19,30H,4,18H2,1-3H3/b26-19-,31-28?. The van der Waals surface area contributed by atoms with Crippen molar-refractivity contribution in [1.82, 2.24) is 4.90 Å². The van der Waals surface area contributed by atoms with Crippen LogP contribution in [-0.4, -0.2) is 36.7 Å². The first-order chi connectivity index (χ1) is 17.5. The van der Waals surface area contributed by atoms with Gasteiger partial charge in [-0.2, -0.15) is 5.26 Å². The van der Waals surface area contributed by atoms with Crippen LogP contribution in [0.15, 0.2) is 88.9 Å². The van der Waals surface area contributed by atoms with Crippen molar-refractivity contribution in [1.29, 1.82) is 5.26 Å². The van der Waals surface area contributed by atoms with Crippen LogP contribution in [0.3, 0.4) is 0 Å². The van der Waals surface area contributed by atoms with Crippen LogP contribution in [0.1, 0.15) is 18.1 Å². The Hall–Kier alpha value is -4.22. The van der Waals surface area contributed by atoms with Gasteiger partial charge in [-0.25, -0.2) is 4.99 Å². The first-order valence-corrected chi connectivity index (χ1v) is 12.3. The summed E-state index contributed by atoms with van der Waals surface area (Å²) in [6.45, 7) is 3.12. The highest BCUT2D eigenvalue weighted by Crippen LogP contribution is 2.37. The van der Waals surface area contributed by atoms with Gasteiger partial charge in [0.2, 0.25) is 0 Å². The average molecular weight is 498 g/mol. The number of para-hydroxylation sites is 2. The highest BCUT2D eigenvalue weighted by Gasteiger charge is 2.34. The Morgan fingerprint density at radius 2 is 1.89 bits per heavy atom. The minimum absolute atomic E-state index is 0.148. The van der Waals surface area contributed by atoms with Crippen molar-refractivity contribution in [2.75, 3.05) is 30.9 Å². The minimum atomic E-state index is -0.148. The van der Waals surface area contributed by atoms with E-state index in [1.165, 1.54) is 11.8 Å². The number of anilines is 2. The van der Waals surface area contributed by atoms with E-state index in [1.807, 2.05) is 85.6 Å². The maximum atomic E-state index is 13.6. The van der Waals surface area contributed by atoms with Gasteiger partial charge in [0.15, 0.2) is 5.17 Å². The Morgan fingerprint density at radius 1 is 1.14 bits per heavy atom. The molecule has 4 rings (SSSR count). The van der Waals surface area contributed by atoms with Crippen molar-refractivity contribution in [3.8, 4) is 11.8 Å². The molecule has 1 aliphatic rings. The Kier molecular flexibility index (Phi) is 7.93. The molecule has 0 aromatic heterocycles. The second-order valence-corrected chi connectivity index (χ2v) is 9.03. The van der Waals surface area contributed by atoms with E-state index in [-0.39, 0.29) is 5.91 Å². The Labute approximate surface area is 215 Å². The average Bonchev–Trinajstić information content (AvgIpc) is 3.18. The summed E-state index contributed by atoms with van der Waals surface area (Å²) in [4.78, 5) is 22.4. The van der Waals surface area contributed by atoms with Crippen molar-refractivity contribution >= 4 is 39.9 Å². The van der Waals surface area contributed by atoms with E-state index < -0.39 is 0 Å². The van der Waals surface area contributed by atoms with Crippen LogP contribution in [0.2, 0.25) is 0 Å². The van der Waals surface area contributed by atoms with E-state index in [1.54, 1.807) is 24.3 Å². The summed E-state index contributed by atoms with van der Waals surface area (Å²) < 4.78 is 5.48. The number of nitrogens with zero attached hydrogens (tertiary/aromatic N) is 4. The molecule has 0 saturated carbocycles. The normalized spacial score (nSPS) is 15.3. The van der Waals surface area contributed by atoms with Gasteiger partial charge in [0.1, 0.15) is 11.8 Å². The molecular weight excluding hydrogens is 470 g/mol. The summed E-state index contributed by atoms with van der Waals surface area (Å²) in [6.07, 6.45) is 1.80. The molecule has 1 saturated heterocycles. The van der Waals surface area contributed by atoms with E-state index in [0.717, 1.165) is 23.5 Å². The van der Waals surface area contributed by atoms with Crippen LogP contribution in [0.25, 0.3) is 0 Å². The number of benzene rings is 3. The molecule has 182 valence electrons. The smallest absolute Gasteiger partial charge is 0.268 e. The third-order valence-corrected chi connectivity index (χ3v) is 6.56. The minimum Gasteiger partial charge on any atom is -0.495 e. The van der Waals surface area contributed by atoms with Gasteiger partial charge in [-0.1, -0.05) is 42.5 Å². The fraction of sp³-hybridized carbons (Fsp3) is 0.179. The summed E-state index contributed by atoms with van der Waals surface area (Å²) in [5.41, 5.74) is 3.65. The first kappa shape index (κ1) is 24.9. The summed E-state index contributed by atoms with van der Waals surface area (Å²) in [7, 11) is 3.50. The number of hydrogen-bond donors (Lipinski definition) is 1. The number of hydrogen-bond acceptors (Lipinski definition) is 7. The van der Waals surface area contributed by atoms with E-state index >= 15 is 0 Å². The number of thioether (sulfide) groups is 1. The van der Waals surface area contributed by atoms with Crippen molar-refractivity contribution < 1.29 is 9.53 Å². The zero-order valence-electron chi connectivity index (χ0n) is 20.4. The van der Waals surface area contributed by atoms with Crippen LogP contribution >= 0.6 is 11.8 Å². The molecule has 0 spiro atoms. The van der Waals surface area contributed by atoms with Gasteiger partial charge in [-0.05, 0) is 54.6 Å². The fourth-order valence-electron chi connectivity index (χ4n) is 3.79. The molecule has 0 unspecified atom stereocenters. The fourth-order valence-corrected chi connectivity index (χ4v) is 4.80. The Balaban J connectivity index is 1.74. The molecule has 3 aromatic rings. The molecule has 0 atom stereocenters. The number of amides is 1. The molecule has 3 aromatic carbocycles. The van der Waals surface area contributed by atoms with Gasteiger partial charge < -0.3 is 15.0 Å². The third-order valence-electron chi connectivity index (χ3n) is 5.56. The Bertz CT molecular complexity index is 1350. The number of carbonyl (C=O) groups is 1. The zero-order chi connectivity index (χ0) is 25.5. The van der Waals surface area contributed by atoms with Crippen LogP contribution < -0.4 is 15.0 Å². The number of rotatable bonds is 8. The molecular formula is C28H27N5O2S. The number of ether oxygens (including phenoxy) is 1. The molecule has 1 amide bonds. The highest BCUT2D eigenvalue weighted by atomic mass is 32.2. The maximum Gasteiger partial charge on any atom is 0.268 e. The molecule has 1 fully saturated rings. The van der Waals surface area contributed by atoms with Gasteiger partial charge in [-0.3, -0.25) is 9.69 Å². The lowest BCUT2D eigenvalue weighted by Gasteiger charge is -2.18. The van der Waals surface area contributed by atoms with Crippen LogP contribution in [0, 0.1) is 11.3 Å². The quantitative estimate of drug-likeness (QED) is 0.400. The molecule has 7 nitrogen and oxygen atoms in total. The summed E-state index contributed by atoms with van der Waals surface area (Å²) in [6, 6.07) is 25.1. The van der Waals surface area contributed by atoms with Crippen LogP contribution in [0.5, 0.6) is 5.75 Å². The largest absolute Gasteiger partial charge is 0.495 e. The lowest BCUT2D eigenvalue weighted by atomic mass is 10.2. The Morgan fingerprint density at radius 3 is 2.61 bits per heavy atom. The third kappa shape index (κ3) is 5.53. The van der Waals surface area contributed by atoms with E-state index in [9.17, 15) is 10.1 Å². The van der Waals surface area contributed by atoms with E-state index in [0.29, 0.717) is 33.6 Å². The van der Waals surface area contributed by atoms with Gasteiger partial charge in [-0.15, -0.1) is 0 Å². The zero-order valence-corrected chi connectivity index (χ0v) is 21.2. The van der Waals surface area contributed by atoms with Crippen molar-refractivity contribution in [3.05, 3.63) is 95.0 Å². The molecule has 36 heavy (non-hydrogen) atoms.